The van der Waals surface area contributed by atoms with E-state index < -0.39 is 11.7 Å². The van der Waals surface area contributed by atoms with Crippen molar-refractivity contribution in [2.45, 2.75) is 12.6 Å². The maximum Gasteiger partial charge on any atom is 0.419 e. The van der Waals surface area contributed by atoms with Gasteiger partial charge in [-0.1, -0.05) is 18.2 Å². The van der Waals surface area contributed by atoms with Gasteiger partial charge in [-0.15, -0.1) is 24.0 Å². The summed E-state index contributed by atoms with van der Waals surface area (Å²) in [6, 6.07) is 10.4. The van der Waals surface area contributed by atoms with E-state index >= 15 is 0 Å². The maximum atomic E-state index is 13.0. The van der Waals surface area contributed by atoms with Gasteiger partial charge in [0, 0.05) is 50.0 Å². The standard InChI is InChI=1S/C20H23F3N6.HI/c1-24-19(27-10-8-14-13-29-17-7-3-2-5-15(14)17)28-12-11-26-18-16(20(21,22)23)6-4-9-25-18;/h2-7,9,13,29H,8,10-12H2,1H3,(H,25,26)(H2,24,27,28);1H. The fourth-order valence-corrected chi connectivity index (χ4v) is 3.01. The molecular weight excluding hydrogens is 508 g/mol. The zero-order chi connectivity index (χ0) is 20.7. The van der Waals surface area contributed by atoms with Crippen molar-refractivity contribution in [2.24, 2.45) is 4.99 Å². The first kappa shape index (κ1) is 23.8. The Hall–Kier alpha value is -2.50. The Labute approximate surface area is 189 Å². The Balaban J connectivity index is 0.00000320. The molecule has 0 fully saturated rings. The van der Waals surface area contributed by atoms with E-state index in [9.17, 15) is 13.2 Å². The predicted octanol–water partition coefficient (Wildman–Crippen LogP) is 4.02. The van der Waals surface area contributed by atoms with Crippen LogP contribution in [0.3, 0.4) is 0 Å². The predicted molar refractivity (Wildman–Crippen MR) is 125 cm³/mol. The van der Waals surface area contributed by atoms with Crippen LogP contribution < -0.4 is 16.0 Å². The number of aromatic nitrogens is 2. The van der Waals surface area contributed by atoms with Gasteiger partial charge in [0.1, 0.15) is 5.82 Å². The van der Waals surface area contributed by atoms with Gasteiger partial charge in [0.25, 0.3) is 0 Å². The number of pyridine rings is 1. The second-order valence-electron chi connectivity index (χ2n) is 6.36. The van der Waals surface area contributed by atoms with Crippen LogP contribution in [-0.2, 0) is 12.6 Å². The first-order valence-corrected chi connectivity index (χ1v) is 9.24. The average molecular weight is 532 g/mol. The minimum absolute atomic E-state index is 0. The third-order valence-electron chi connectivity index (χ3n) is 4.41. The first-order valence-electron chi connectivity index (χ1n) is 9.24. The van der Waals surface area contributed by atoms with E-state index in [1.54, 1.807) is 7.05 Å². The number of nitrogens with zero attached hydrogens (tertiary/aromatic N) is 2. The highest BCUT2D eigenvalue weighted by Gasteiger charge is 2.33. The number of hydrogen-bond donors (Lipinski definition) is 4. The highest BCUT2D eigenvalue weighted by molar-refractivity contribution is 14.0. The number of H-pyrrole nitrogens is 1. The quantitative estimate of drug-likeness (QED) is 0.161. The van der Waals surface area contributed by atoms with Crippen molar-refractivity contribution in [3.63, 3.8) is 0 Å². The number of nitrogens with one attached hydrogen (secondary N) is 4. The number of hydrogen-bond acceptors (Lipinski definition) is 3. The third kappa shape index (κ3) is 6.25. The minimum Gasteiger partial charge on any atom is -0.368 e. The van der Waals surface area contributed by atoms with E-state index in [4.69, 9.17) is 0 Å². The maximum absolute atomic E-state index is 13.0. The summed E-state index contributed by atoms with van der Waals surface area (Å²) < 4.78 is 38.9. The summed E-state index contributed by atoms with van der Waals surface area (Å²) in [5, 5.41) is 10.2. The van der Waals surface area contributed by atoms with Gasteiger partial charge < -0.3 is 20.9 Å². The van der Waals surface area contributed by atoms with Crippen LogP contribution in [0.25, 0.3) is 10.9 Å². The van der Waals surface area contributed by atoms with Crippen LogP contribution in [-0.4, -0.2) is 42.6 Å². The zero-order valence-corrected chi connectivity index (χ0v) is 18.7. The van der Waals surface area contributed by atoms with Crippen molar-refractivity contribution < 1.29 is 13.2 Å². The minimum atomic E-state index is -4.44. The van der Waals surface area contributed by atoms with Gasteiger partial charge in [0.15, 0.2) is 5.96 Å². The van der Waals surface area contributed by atoms with E-state index in [0.717, 1.165) is 18.0 Å². The van der Waals surface area contributed by atoms with Crippen molar-refractivity contribution in [3.8, 4) is 0 Å². The lowest BCUT2D eigenvalue weighted by atomic mass is 10.1. The first-order chi connectivity index (χ1) is 14.0. The van der Waals surface area contributed by atoms with Crippen LogP contribution in [0.2, 0.25) is 0 Å². The average Bonchev–Trinajstić information content (AvgIpc) is 3.12. The van der Waals surface area contributed by atoms with E-state index in [0.29, 0.717) is 19.0 Å². The molecule has 3 aromatic rings. The topological polar surface area (TPSA) is 77.1 Å². The molecule has 1 aromatic carbocycles. The second kappa shape index (κ2) is 11.0. The molecule has 0 saturated heterocycles. The van der Waals surface area contributed by atoms with Gasteiger partial charge in [-0.25, -0.2) is 4.98 Å². The monoisotopic (exact) mass is 532 g/mol. The molecule has 0 bridgehead atoms. The third-order valence-corrected chi connectivity index (χ3v) is 4.41. The highest BCUT2D eigenvalue weighted by Crippen LogP contribution is 2.33. The van der Waals surface area contributed by atoms with Gasteiger partial charge in [0.2, 0.25) is 0 Å². The lowest BCUT2D eigenvalue weighted by Gasteiger charge is -2.15. The molecule has 0 amide bonds. The summed E-state index contributed by atoms with van der Waals surface area (Å²) in [5.41, 5.74) is 1.53. The summed E-state index contributed by atoms with van der Waals surface area (Å²) in [7, 11) is 1.65. The van der Waals surface area contributed by atoms with E-state index in [1.807, 2.05) is 24.4 Å². The lowest BCUT2D eigenvalue weighted by Crippen LogP contribution is -2.40. The number of benzene rings is 1. The van der Waals surface area contributed by atoms with Crippen LogP contribution in [0.4, 0.5) is 19.0 Å². The largest absolute Gasteiger partial charge is 0.419 e. The van der Waals surface area contributed by atoms with Gasteiger partial charge in [-0.05, 0) is 30.2 Å². The molecule has 0 saturated carbocycles. The normalized spacial score (nSPS) is 11.8. The molecule has 2 aromatic heterocycles. The number of rotatable bonds is 7. The van der Waals surface area contributed by atoms with Crippen molar-refractivity contribution in [1.82, 2.24) is 20.6 Å². The lowest BCUT2D eigenvalue weighted by molar-refractivity contribution is -0.137. The van der Waals surface area contributed by atoms with Gasteiger partial charge in [-0.2, -0.15) is 13.2 Å². The number of guanidine groups is 1. The Morgan fingerprint density at radius 1 is 1.07 bits per heavy atom. The van der Waals surface area contributed by atoms with Crippen LogP contribution in [0, 0.1) is 0 Å². The molecule has 0 aliphatic heterocycles. The molecule has 0 unspecified atom stereocenters. The number of anilines is 1. The number of aromatic amines is 1. The SMILES string of the molecule is CN=C(NCCNc1ncccc1C(F)(F)F)NCCc1c[nH]c2ccccc12.I. The van der Waals surface area contributed by atoms with Crippen molar-refractivity contribution in [3.05, 3.63) is 59.9 Å². The Morgan fingerprint density at radius 2 is 1.83 bits per heavy atom. The molecule has 0 aliphatic carbocycles. The summed E-state index contributed by atoms with van der Waals surface area (Å²) in [6.07, 6.45) is -0.302. The van der Waals surface area contributed by atoms with Crippen LogP contribution >= 0.6 is 24.0 Å². The van der Waals surface area contributed by atoms with Gasteiger partial charge in [0.05, 0.1) is 5.56 Å². The molecule has 4 N–H and O–H groups in total. The number of aliphatic imine (C=N–C) groups is 1. The molecule has 0 aliphatic rings. The van der Waals surface area contributed by atoms with Crippen molar-refractivity contribution in [1.29, 1.82) is 0 Å². The van der Waals surface area contributed by atoms with Crippen LogP contribution in [0.15, 0.2) is 53.8 Å². The summed E-state index contributed by atoms with van der Waals surface area (Å²) >= 11 is 0. The van der Waals surface area contributed by atoms with Gasteiger partial charge >= 0.3 is 6.18 Å². The van der Waals surface area contributed by atoms with E-state index in [1.165, 1.54) is 23.2 Å². The fraction of sp³-hybridized carbons (Fsp3) is 0.300. The Morgan fingerprint density at radius 3 is 2.60 bits per heavy atom. The molecule has 30 heavy (non-hydrogen) atoms. The highest BCUT2D eigenvalue weighted by atomic mass is 127. The fourth-order valence-electron chi connectivity index (χ4n) is 3.01. The smallest absolute Gasteiger partial charge is 0.368 e. The van der Waals surface area contributed by atoms with Crippen LogP contribution in [0.1, 0.15) is 11.1 Å². The molecule has 2 heterocycles. The summed E-state index contributed by atoms with van der Waals surface area (Å²) in [4.78, 5) is 11.2. The second-order valence-corrected chi connectivity index (χ2v) is 6.36. The number of halogens is 4. The molecule has 6 nitrogen and oxygen atoms in total. The molecular formula is C20H24F3IN6. The molecule has 0 radical (unpaired) electrons. The van der Waals surface area contributed by atoms with E-state index in [2.05, 4.69) is 37.0 Å². The number of alkyl halides is 3. The molecule has 162 valence electrons. The number of fused-ring (bicyclic) bond motifs is 1. The molecule has 10 heteroatoms. The van der Waals surface area contributed by atoms with E-state index in [-0.39, 0.29) is 36.3 Å². The summed E-state index contributed by atoms with van der Waals surface area (Å²) in [5.74, 6) is 0.410. The van der Waals surface area contributed by atoms with Crippen molar-refractivity contribution >= 4 is 46.7 Å². The Bertz CT molecular complexity index is 970. The summed E-state index contributed by atoms with van der Waals surface area (Å²) in [6.45, 7) is 1.33. The van der Waals surface area contributed by atoms with Crippen molar-refractivity contribution in [2.75, 3.05) is 32.0 Å². The Kier molecular flexibility index (Phi) is 8.75. The zero-order valence-electron chi connectivity index (χ0n) is 16.4. The van der Waals surface area contributed by atoms with Gasteiger partial charge in [-0.3, -0.25) is 4.99 Å². The molecule has 0 atom stereocenters. The molecule has 3 rings (SSSR count). The molecule has 0 spiro atoms. The van der Waals surface area contributed by atoms with Crippen LogP contribution in [0.5, 0.6) is 0 Å². The number of para-hydroxylation sites is 1.